The molecule has 0 saturated carbocycles. The van der Waals surface area contributed by atoms with Crippen LogP contribution in [0.5, 0.6) is 0 Å². The Labute approximate surface area is 443 Å². The van der Waals surface area contributed by atoms with Crippen LogP contribution in [0.25, 0.3) is 66.0 Å². The van der Waals surface area contributed by atoms with Gasteiger partial charge >= 0.3 is 6.85 Å². The molecule has 370 valence electrons. The lowest BCUT2D eigenvalue weighted by Crippen LogP contribution is -2.56. The molecule has 75 heavy (non-hydrogen) atoms. The van der Waals surface area contributed by atoms with Gasteiger partial charge in [-0.05, 0) is 143 Å². The van der Waals surface area contributed by atoms with E-state index in [0.717, 1.165) is 44.5 Å². The zero-order chi connectivity index (χ0) is 52.1. The van der Waals surface area contributed by atoms with E-state index in [0.29, 0.717) is 0 Å². The van der Waals surface area contributed by atoms with Gasteiger partial charge in [0.2, 0.25) is 0 Å². The summed E-state index contributed by atoms with van der Waals surface area (Å²) in [5, 5.41) is 4.68. The van der Waals surface area contributed by atoms with Crippen molar-refractivity contribution in [3.63, 3.8) is 0 Å². The van der Waals surface area contributed by atoms with Crippen LogP contribution in [0.15, 0.2) is 186 Å². The first-order valence-corrected chi connectivity index (χ1v) is 27.0. The van der Waals surface area contributed by atoms with E-state index in [-0.39, 0.29) is 28.5 Å². The summed E-state index contributed by atoms with van der Waals surface area (Å²) in [5.41, 5.74) is 23.5. The minimum Gasteiger partial charge on any atom is -0.454 e. The summed E-state index contributed by atoms with van der Waals surface area (Å²) in [4.78, 5) is 5.09. The number of furan rings is 1. The fourth-order valence-electron chi connectivity index (χ4n) is 12.3. The Hall–Kier alpha value is -7.76. The van der Waals surface area contributed by atoms with E-state index in [9.17, 15) is 0 Å². The van der Waals surface area contributed by atoms with E-state index in [4.69, 9.17) is 4.42 Å². The predicted octanol–water partition coefficient (Wildman–Crippen LogP) is 18.4. The maximum atomic E-state index is 7.34. The van der Waals surface area contributed by atoms with Gasteiger partial charge in [-0.2, -0.15) is 0 Å². The van der Waals surface area contributed by atoms with E-state index in [2.05, 4.69) is 279 Å². The standard InChI is InChI=1S/C70H66BN3O/c1-67(2,3)45-26-32-49(33-27-45)72(50-34-28-46(29-35-50)68(4,5)6)57-39-36-53-61-51-23-17-16-22-44(51)40-59-63(61)71(74-64(53)62(57)66-65(74)52-24-18-19-25-60(52)75-66)55-37-30-48(70(10,11)12)42-58(55)73(59)56-38-31-47(69(7,8)9)41-54(56)43-20-14-13-15-21-43/h13-42H,1-12H3. The monoisotopic (exact) mass is 976 g/mol. The van der Waals surface area contributed by atoms with Gasteiger partial charge in [0.05, 0.1) is 27.8 Å². The number of anilines is 6. The molecule has 2 aliphatic rings. The quantitative estimate of drug-likeness (QED) is 0.161. The van der Waals surface area contributed by atoms with E-state index in [1.54, 1.807) is 0 Å². The van der Waals surface area contributed by atoms with Gasteiger partial charge in [-0.25, -0.2) is 0 Å². The van der Waals surface area contributed by atoms with E-state index >= 15 is 0 Å². The van der Waals surface area contributed by atoms with Crippen LogP contribution in [-0.2, 0) is 21.7 Å². The summed E-state index contributed by atoms with van der Waals surface area (Å²) in [6, 6.07) is 69.0. The largest absolute Gasteiger partial charge is 0.454 e. The van der Waals surface area contributed by atoms with Gasteiger partial charge in [0.1, 0.15) is 5.58 Å². The summed E-state index contributed by atoms with van der Waals surface area (Å²) in [6.07, 6.45) is 0. The smallest absolute Gasteiger partial charge is 0.333 e. The Morgan fingerprint density at radius 2 is 1.00 bits per heavy atom. The third-order valence-corrected chi connectivity index (χ3v) is 16.4. The van der Waals surface area contributed by atoms with Gasteiger partial charge in [0, 0.05) is 39.3 Å². The lowest BCUT2D eigenvalue weighted by atomic mass is 9.44. The molecule has 2 aliphatic heterocycles. The number of benzene rings is 9. The highest BCUT2D eigenvalue weighted by Crippen LogP contribution is 2.54. The molecule has 0 unspecified atom stereocenters. The van der Waals surface area contributed by atoms with Crippen molar-refractivity contribution in [1.82, 2.24) is 4.48 Å². The van der Waals surface area contributed by atoms with Crippen molar-refractivity contribution in [1.29, 1.82) is 0 Å². The predicted molar refractivity (Wildman–Crippen MR) is 322 cm³/mol. The average molecular weight is 976 g/mol. The summed E-state index contributed by atoms with van der Waals surface area (Å²) in [5.74, 6) is 0. The number of fused-ring (bicyclic) bond motifs is 11. The number of nitrogens with zero attached hydrogens (tertiary/aromatic N) is 3. The van der Waals surface area contributed by atoms with Crippen molar-refractivity contribution in [2.45, 2.75) is 105 Å². The Morgan fingerprint density at radius 3 is 1.64 bits per heavy atom. The van der Waals surface area contributed by atoms with Crippen LogP contribution >= 0.6 is 0 Å². The van der Waals surface area contributed by atoms with Crippen LogP contribution < -0.4 is 20.7 Å². The van der Waals surface area contributed by atoms with Gasteiger partial charge in [-0.15, -0.1) is 0 Å². The molecule has 13 rings (SSSR count). The van der Waals surface area contributed by atoms with Crippen LogP contribution in [0.1, 0.15) is 105 Å². The average Bonchev–Trinajstić information content (AvgIpc) is 4.03. The SMILES string of the molecule is CC(C)(C)c1ccc(N(c2ccc(C(C)(C)C)cc2)c2ccc3c4c2c2oc5ccccc5c2n4B2c4ccc(C(C)(C)C)cc4N(c4ccc(C(C)(C)C)cc4-c4ccccc4)c4cc5ccccc5c-3c42)cc1. The summed E-state index contributed by atoms with van der Waals surface area (Å²) in [6.45, 7) is 27.5. The molecule has 0 aliphatic carbocycles. The highest BCUT2D eigenvalue weighted by atomic mass is 16.3. The Morgan fingerprint density at radius 1 is 0.440 bits per heavy atom. The summed E-state index contributed by atoms with van der Waals surface area (Å²) < 4.78 is 10.0. The highest BCUT2D eigenvalue weighted by Gasteiger charge is 2.46. The number of aromatic nitrogens is 1. The maximum absolute atomic E-state index is 7.34. The van der Waals surface area contributed by atoms with Crippen LogP contribution in [-0.4, -0.2) is 11.3 Å². The molecule has 5 heteroatoms. The molecule has 4 nitrogen and oxygen atoms in total. The maximum Gasteiger partial charge on any atom is 0.333 e. The summed E-state index contributed by atoms with van der Waals surface area (Å²) in [7, 11) is 0. The highest BCUT2D eigenvalue weighted by molar-refractivity contribution is 6.90. The molecular weight excluding hydrogens is 910 g/mol. The van der Waals surface area contributed by atoms with E-state index < -0.39 is 0 Å². The number of rotatable bonds is 5. The van der Waals surface area contributed by atoms with Gasteiger partial charge in [0.25, 0.3) is 0 Å². The second-order valence-electron chi connectivity index (χ2n) is 25.4. The van der Waals surface area contributed by atoms with Gasteiger partial charge in [-0.1, -0.05) is 198 Å². The van der Waals surface area contributed by atoms with Crippen molar-refractivity contribution in [2.75, 3.05) is 9.80 Å². The van der Waals surface area contributed by atoms with Crippen LogP contribution in [0.4, 0.5) is 34.1 Å². The molecular formula is C70H66BN3O. The van der Waals surface area contributed by atoms with Gasteiger partial charge in [0.15, 0.2) is 5.58 Å². The fraction of sp³-hybridized carbons (Fsp3) is 0.229. The van der Waals surface area contributed by atoms with E-state index in [1.807, 2.05) is 0 Å². The third kappa shape index (κ3) is 7.32. The minimum atomic E-state index is -0.191. The van der Waals surface area contributed by atoms with Gasteiger partial charge < -0.3 is 18.7 Å². The second-order valence-corrected chi connectivity index (χ2v) is 25.4. The lowest BCUT2D eigenvalue weighted by molar-refractivity contribution is 0.590. The molecule has 0 fully saturated rings. The first kappa shape index (κ1) is 47.0. The fourth-order valence-corrected chi connectivity index (χ4v) is 12.3. The number of hydrogen-bond donors (Lipinski definition) is 0. The molecule has 0 spiro atoms. The molecule has 11 aromatic rings. The molecule has 0 radical (unpaired) electrons. The van der Waals surface area contributed by atoms with Gasteiger partial charge in [-0.3, -0.25) is 0 Å². The van der Waals surface area contributed by atoms with Crippen molar-refractivity contribution in [3.8, 4) is 22.3 Å². The molecule has 4 heterocycles. The molecule has 0 N–H and O–H groups in total. The Bertz CT molecular complexity index is 4030. The molecule has 0 atom stereocenters. The normalized spacial score (nSPS) is 13.5. The third-order valence-electron chi connectivity index (χ3n) is 16.4. The molecule has 0 amide bonds. The summed E-state index contributed by atoms with van der Waals surface area (Å²) >= 11 is 0. The van der Waals surface area contributed by atoms with Crippen molar-refractivity contribution < 1.29 is 4.42 Å². The zero-order valence-electron chi connectivity index (χ0n) is 45.6. The van der Waals surface area contributed by atoms with Crippen LogP contribution in [0.3, 0.4) is 0 Å². The van der Waals surface area contributed by atoms with Crippen molar-refractivity contribution in [2.24, 2.45) is 0 Å². The molecule has 0 saturated heterocycles. The second kappa shape index (κ2) is 16.4. The Balaban J connectivity index is 1.18. The van der Waals surface area contributed by atoms with E-state index in [1.165, 1.54) is 88.8 Å². The van der Waals surface area contributed by atoms with Crippen LogP contribution in [0, 0.1) is 0 Å². The lowest BCUT2D eigenvalue weighted by Gasteiger charge is -2.42. The van der Waals surface area contributed by atoms with Crippen molar-refractivity contribution in [3.05, 3.63) is 204 Å². The Kier molecular flexibility index (Phi) is 10.3. The first-order valence-electron chi connectivity index (χ1n) is 27.0. The molecule has 2 aromatic heterocycles. The molecule has 0 bridgehead atoms. The first-order chi connectivity index (χ1) is 35.8. The number of hydrogen-bond acceptors (Lipinski definition) is 3. The number of para-hydroxylation sites is 1. The minimum absolute atomic E-state index is 0.00875. The zero-order valence-corrected chi connectivity index (χ0v) is 45.6. The molecule has 9 aromatic carbocycles. The van der Waals surface area contributed by atoms with Crippen LogP contribution in [0.2, 0.25) is 0 Å². The van der Waals surface area contributed by atoms with Crippen molar-refractivity contribution >= 4 is 95.6 Å². The topological polar surface area (TPSA) is 24.6 Å².